The predicted octanol–water partition coefficient (Wildman–Crippen LogP) is 8.31. The number of hydrogen-bond donors (Lipinski definition) is 0. The van der Waals surface area contributed by atoms with Crippen LogP contribution < -0.4 is 9.47 Å². The van der Waals surface area contributed by atoms with Gasteiger partial charge < -0.3 is 18.9 Å². The van der Waals surface area contributed by atoms with Crippen molar-refractivity contribution in [2.45, 2.75) is 72.1 Å². The van der Waals surface area contributed by atoms with E-state index in [1.165, 1.54) is 11.1 Å². The third-order valence-corrected chi connectivity index (χ3v) is 6.95. The van der Waals surface area contributed by atoms with Gasteiger partial charge in [0.2, 0.25) is 0 Å². The lowest BCUT2D eigenvalue weighted by Crippen LogP contribution is -2.13. The Balaban J connectivity index is 1.67. The Bertz CT molecular complexity index is 1230. The van der Waals surface area contributed by atoms with Crippen LogP contribution in [0.25, 0.3) is 0 Å². The summed E-state index contributed by atoms with van der Waals surface area (Å²) in [4.78, 5) is 4.53. The molecule has 196 valence electrons. The molecule has 1 aliphatic rings. The van der Waals surface area contributed by atoms with E-state index >= 15 is 0 Å². The van der Waals surface area contributed by atoms with Gasteiger partial charge in [-0.15, -0.1) is 0 Å². The molecule has 0 saturated carbocycles. The predicted molar refractivity (Wildman–Crippen MR) is 150 cm³/mol. The third-order valence-electron chi connectivity index (χ3n) is 6.95. The molecule has 0 spiro atoms. The van der Waals surface area contributed by atoms with Crippen molar-refractivity contribution < 1.29 is 18.9 Å². The molecule has 1 aliphatic heterocycles. The molecule has 37 heavy (non-hydrogen) atoms. The fourth-order valence-corrected chi connectivity index (χ4v) is 4.52. The zero-order chi connectivity index (χ0) is 26.6. The summed E-state index contributed by atoms with van der Waals surface area (Å²) in [5.74, 6) is 3.67. The molecule has 0 saturated heterocycles. The largest absolute Gasteiger partial charge is 0.457 e. The van der Waals surface area contributed by atoms with Gasteiger partial charge in [-0.2, -0.15) is 0 Å². The maximum Gasteiger partial charge on any atom is 0.138 e. The van der Waals surface area contributed by atoms with Gasteiger partial charge in [-0.1, -0.05) is 46.8 Å². The Hall–Kier alpha value is -3.15. The summed E-state index contributed by atoms with van der Waals surface area (Å²) < 4.78 is 24.0. The second-order valence-electron chi connectivity index (χ2n) is 10.7. The lowest BCUT2D eigenvalue weighted by molar-refractivity contribution is 0.175. The number of benzene rings is 3. The van der Waals surface area contributed by atoms with Crippen molar-refractivity contribution in [3.8, 4) is 23.0 Å². The van der Waals surface area contributed by atoms with Crippen LogP contribution in [0.2, 0.25) is 0 Å². The highest BCUT2D eigenvalue weighted by atomic mass is 16.5. The summed E-state index contributed by atoms with van der Waals surface area (Å²) >= 11 is 0. The van der Waals surface area contributed by atoms with Gasteiger partial charge in [-0.3, -0.25) is 4.99 Å². The molecule has 4 rings (SSSR count). The highest BCUT2D eigenvalue weighted by Crippen LogP contribution is 2.41. The molecule has 0 bridgehead atoms. The Morgan fingerprint density at radius 1 is 0.865 bits per heavy atom. The first-order valence-corrected chi connectivity index (χ1v) is 13.0. The Labute approximate surface area is 221 Å². The quantitative estimate of drug-likeness (QED) is 0.280. The number of aliphatic imine (C=N–C) groups is 1. The van der Waals surface area contributed by atoms with E-state index < -0.39 is 0 Å². The molecule has 0 fully saturated rings. The van der Waals surface area contributed by atoms with Crippen LogP contribution in [0.15, 0.2) is 53.5 Å². The molecule has 0 radical (unpaired) electrons. The van der Waals surface area contributed by atoms with Crippen LogP contribution >= 0.6 is 0 Å². The van der Waals surface area contributed by atoms with Gasteiger partial charge in [0.1, 0.15) is 23.0 Å². The zero-order valence-corrected chi connectivity index (χ0v) is 23.2. The standard InChI is InChI=1S/C32H39NO4/c1-8-21(2)22-9-11-26(12-10-22)36-29-13-14-30(28-18-33-17-27(28)29)37-31-23(19-34-6)15-25(32(3,4)5)16-24(31)20-35-7/h9-17,21H,8,18-20H2,1-7H3. The minimum Gasteiger partial charge on any atom is -0.457 e. The van der Waals surface area contributed by atoms with Crippen LogP contribution in [0.3, 0.4) is 0 Å². The maximum atomic E-state index is 6.62. The smallest absolute Gasteiger partial charge is 0.138 e. The van der Waals surface area contributed by atoms with E-state index in [0.29, 0.717) is 25.7 Å². The highest BCUT2D eigenvalue weighted by molar-refractivity contribution is 5.89. The van der Waals surface area contributed by atoms with Gasteiger partial charge in [0.05, 0.1) is 19.8 Å². The summed E-state index contributed by atoms with van der Waals surface area (Å²) in [6.07, 6.45) is 2.99. The number of methoxy groups -OCH3 is 2. The van der Waals surface area contributed by atoms with Gasteiger partial charge in [0.15, 0.2) is 0 Å². The average molecular weight is 502 g/mol. The number of nitrogens with zero attached hydrogens (tertiary/aromatic N) is 1. The Morgan fingerprint density at radius 2 is 1.49 bits per heavy atom. The maximum absolute atomic E-state index is 6.62. The molecule has 1 atom stereocenters. The number of ether oxygens (including phenoxy) is 4. The lowest BCUT2D eigenvalue weighted by Gasteiger charge is -2.24. The van der Waals surface area contributed by atoms with Gasteiger partial charge in [-0.05, 0) is 65.3 Å². The topological polar surface area (TPSA) is 49.3 Å². The third kappa shape index (κ3) is 6.06. The Kier molecular flexibility index (Phi) is 8.35. The van der Waals surface area contributed by atoms with Gasteiger partial charge in [0, 0.05) is 42.7 Å². The summed E-state index contributed by atoms with van der Waals surface area (Å²) in [6, 6.07) is 16.6. The van der Waals surface area contributed by atoms with E-state index in [1.807, 2.05) is 30.5 Å². The van der Waals surface area contributed by atoms with Crippen LogP contribution in [0.5, 0.6) is 23.0 Å². The molecule has 0 N–H and O–H groups in total. The monoisotopic (exact) mass is 501 g/mol. The SMILES string of the molecule is CCC(C)c1ccc(Oc2ccc(Oc3c(COC)cc(C(C)(C)C)cc3COC)c3c2C=NC3)cc1. The molecule has 3 aromatic rings. The van der Waals surface area contributed by atoms with Crippen molar-refractivity contribution >= 4 is 6.21 Å². The zero-order valence-electron chi connectivity index (χ0n) is 23.2. The minimum absolute atomic E-state index is 0.00955. The van der Waals surface area contributed by atoms with Crippen LogP contribution in [0, 0.1) is 0 Å². The average Bonchev–Trinajstić information content (AvgIpc) is 3.37. The van der Waals surface area contributed by atoms with Gasteiger partial charge >= 0.3 is 0 Å². The summed E-state index contributed by atoms with van der Waals surface area (Å²) in [6.45, 7) is 12.5. The van der Waals surface area contributed by atoms with Crippen molar-refractivity contribution in [2.24, 2.45) is 4.99 Å². The first-order valence-electron chi connectivity index (χ1n) is 13.0. The summed E-state index contributed by atoms with van der Waals surface area (Å²) in [7, 11) is 3.41. The number of rotatable bonds is 10. The van der Waals surface area contributed by atoms with Crippen LogP contribution in [0.1, 0.15) is 80.3 Å². The number of hydrogen-bond acceptors (Lipinski definition) is 5. The lowest BCUT2D eigenvalue weighted by atomic mass is 9.84. The molecular weight excluding hydrogens is 462 g/mol. The van der Waals surface area contributed by atoms with E-state index in [0.717, 1.165) is 51.7 Å². The number of fused-ring (bicyclic) bond motifs is 1. The fourth-order valence-electron chi connectivity index (χ4n) is 4.52. The van der Waals surface area contributed by atoms with E-state index in [1.54, 1.807) is 14.2 Å². The molecule has 5 heteroatoms. The second-order valence-corrected chi connectivity index (χ2v) is 10.7. The van der Waals surface area contributed by atoms with Gasteiger partial charge in [0.25, 0.3) is 0 Å². The van der Waals surface area contributed by atoms with Crippen molar-refractivity contribution in [3.05, 3.63) is 81.9 Å². The van der Waals surface area contributed by atoms with E-state index in [9.17, 15) is 0 Å². The molecule has 0 aliphatic carbocycles. The molecule has 5 nitrogen and oxygen atoms in total. The highest BCUT2D eigenvalue weighted by Gasteiger charge is 2.23. The van der Waals surface area contributed by atoms with E-state index in [-0.39, 0.29) is 5.41 Å². The normalized spacial score (nSPS) is 13.5. The molecule has 1 heterocycles. The molecule has 0 amide bonds. The molecular formula is C32H39NO4. The summed E-state index contributed by atoms with van der Waals surface area (Å²) in [5, 5.41) is 0. The Morgan fingerprint density at radius 3 is 2.05 bits per heavy atom. The van der Waals surface area contributed by atoms with Crippen LogP contribution in [0.4, 0.5) is 0 Å². The van der Waals surface area contributed by atoms with E-state index in [4.69, 9.17) is 18.9 Å². The fraction of sp³-hybridized carbons (Fsp3) is 0.406. The molecule has 0 aromatic heterocycles. The van der Waals surface area contributed by atoms with Crippen molar-refractivity contribution in [1.82, 2.24) is 0 Å². The van der Waals surface area contributed by atoms with Crippen molar-refractivity contribution in [2.75, 3.05) is 14.2 Å². The molecule has 1 unspecified atom stereocenters. The van der Waals surface area contributed by atoms with Gasteiger partial charge in [-0.25, -0.2) is 0 Å². The van der Waals surface area contributed by atoms with Crippen LogP contribution in [-0.2, 0) is 34.6 Å². The minimum atomic E-state index is -0.00955. The van der Waals surface area contributed by atoms with Crippen molar-refractivity contribution in [3.63, 3.8) is 0 Å². The second kappa shape index (κ2) is 11.5. The van der Waals surface area contributed by atoms with Crippen molar-refractivity contribution in [1.29, 1.82) is 0 Å². The first-order chi connectivity index (χ1) is 17.7. The summed E-state index contributed by atoms with van der Waals surface area (Å²) in [5.41, 5.74) is 6.49. The first kappa shape index (κ1) is 26.9. The molecule has 3 aromatic carbocycles. The van der Waals surface area contributed by atoms with E-state index in [2.05, 4.69) is 63.9 Å². The van der Waals surface area contributed by atoms with Crippen LogP contribution in [-0.4, -0.2) is 20.4 Å².